The highest BCUT2D eigenvalue weighted by Crippen LogP contribution is 2.60. The molecular weight excluding hydrogens is 240 g/mol. The maximum atomic E-state index is 9.12. The van der Waals surface area contributed by atoms with E-state index < -0.39 is 6.04 Å². The quantitative estimate of drug-likeness (QED) is 0.765. The van der Waals surface area contributed by atoms with Crippen LogP contribution in [0.25, 0.3) is 0 Å². The van der Waals surface area contributed by atoms with Gasteiger partial charge in [0.05, 0.1) is 12.6 Å². The van der Waals surface area contributed by atoms with Gasteiger partial charge in [0.1, 0.15) is 5.82 Å². The van der Waals surface area contributed by atoms with Crippen molar-refractivity contribution in [2.45, 2.75) is 50.0 Å². The topological polar surface area (TPSA) is 87.8 Å². The van der Waals surface area contributed by atoms with Crippen LogP contribution in [0.15, 0.2) is 0 Å². The molecule has 4 N–H and O–H groups in total. The lowest BCUT2D eigenvalue weighted by molar-refractivity contribution is -0.00927. The van der Waals surface area contributed by atoms with Crippen molar-refractivity contribution < 1.29 is 5.11 Å². The first-order chi connectivity index (χ1) is 9.18. The van der Waals surface area contributed by atoms with Crippen LogP contribution < -0.4 is 5.73 Å². The molecule has 19 heavy (non-hydrogen) atoms. The van der Waals surface area contributed by atoms with Gasteiger partial charge in [-0.15, -0.1) is 0 Å². The molecule has 5 heteroatoms. The number of aliphatic hydroxyl groups excluding tert-OH is 1. The summed E-state index contributed by atoms with van der Waals surface area (Å²) in [4.78, 5) is 4.62. The average Bonchev–Trinajstić information content (AvgIpc) is 2.86. The molecule has 0 saturated heterocycles. The van der Waals surface area contributed by atoms with Crippen molar-refractivity contribution in [3.05, 3.63) is 11.6 Å². The number of nitrogens with zero attached hydrogens (tertiary/aromatic N) is 2. The fourth-order valence-corrected chi connectivity index (χ4v) is 5.15. The summed E-state index contributed by atoms with van der Waals surface area (Å²) in [6.07, 6.45) is 8.03. The van der Waals surface area contributed by atoms with Crippen LogP contribution >= 0.6 is 0 Å². The highest BCUT2D eigenvalue weighted by atomic mass is 16.3. The number of rotatable bonds is 3. The number of aromatic amines is 1. The molecule has 4 saturated carbocycles. The van der Waals surface area contributed by atoms with Crippen LogP contribution in [-0.2, 0) is 5.41 Å². The van der Waals surface area contributed by atoms with Gasteiger partial charge in [0.15, 0.2) is 5.82 Å². The number of H-pyrrole nitrogens is 1. The van der Waals surface area contributed by atoms with Crippen molar-refractivity contribution in [2.24, 2.45) is 23.5 Å². The van der Waals surface area contributed by atoms with E-state index in [4.69, 9.17) is 10.8 Å². The number of aromatic nitrogens is 3. The van der Waals surface area contributed by atoms with Crippen LogP contribution in [0.5, 0.6) is 0 Å². The van der Waals surface area contributed by atoms with E-state index in [9.17, 15) is 0 Å². The van der Waals surface area contributed by atoms with Gasteiger partial charge in [-0.25, -0.2) is 4.98 Å². The Kier molecular flexibility index (Phi) is 2.51. The first kappa shape index (κ1) is 11.9. The molecule has 4 aliphatic rings. The van der Waals surface area contributed by atoms with Crippen LogP contribution in [0.2, 0.25) is 0 Å². The van der Waals surface area contributed by atoms with Crippen molar-refractivity contribution in [3.63, 3.8) is 0 Å². The molecule has 1 unspecified atom stereocenters. The largest absolute Gasteiger partial charge is 0.394 e. The van der Waals surface area contributed by atoms with Crippen molar-refractivity contribution in [2.75, 3.05) is 6.61 Å². The maximum Gasteiger partial charge on any atom is 0.156 e. The summed E-state index contributed by atoms with van der Waals surface area (Å²) in [5.74, 6) is 4.26. The molecule has 0 aliphatic heterocycles. The predicted molar refractivity (Wildman–Crippen MR) is 70.2 cm³/mol. The Balaban J connectivity index is 1.66. The van der Waals surface area contributed by atoms with Gasteiger partial charge in [0.25, 0.3) is 0 Å². The molecule has 4 bridgehead atoms. The molecule has 0 spiro atoms. The lowest BCUT2D eigenvalue weighted by Crippen LogP contribution is -2.49. The van der Waals surface area contributed by atoms with Gasteiger partial charge in [0.2, 0.25) is 0 Å². The van der Waals surface area contributed by atoms with Gasteiger partial charge in [-0.3, -0.25) is 5.10 Å². The monoisotopic (exact) mass is 262 g/mol. The SMILES string of the molecule is NC(CO)c1nc(C23CC4CC(CC(C4)C2)C3)n[nH]1. The van der Waals surface area contributed by atoms with Crippen LogP contribution in [0.1, 0.15) is 56.2 Å². The Labute approximate surface area is 113 Å². The molecule has 0 radical (unpaired) electrons. The number of hydrogen-bond acceptors (Lipinski definition) is 4. The molecule has 1 atom stereocenters. The second kappa shape index (κ2) is 4.03. The molecule has 1 aromatic rings. The molecule has 4 fully saturated rings. The van der Waals surface area contributed by atoms with Gasteiger partial charge in [-0.1, -0.05) is 0 Å². The Morgan fingerprint density at radius 1 is 1.21 bits per heavy atom. The van der Waals surface area contributed by atoms with Crippen molar-refractivity contribution in [1.29, 1.82) is 0 Å². The minimum Gasteiger partial charge on any atom is -0.394 e. The normalized spacial score (nSPS) is 41.7. The Morgan fingerprint density at radius 2 is 1.79 bits per heavy atom. The number of aliphatic hydroxyl groups is 1. The third kappa shape index (κ3) is 1.75. The minimum absolute atomic E-state index is 0.0878. The molecule has 4 aliphatic carbocycles. The fraction of sp³-hybridized carbons (Fsp3) is 0.857. The summed E-state index contributed by atoms with van der Waals surface area (Å²) < 4.78 is 0. The summed E-state index contributed by atoms with van der Waals surface area (Å²) >= 11 is 0. The summed E-state index contributed by atoms with van der Waals surface area (Å²) in [6.45, 7) is -0.0878. The summed E-state index contributed by atoms with van der Waals surface area (Å²) in [7, 11) is 0. The van der Waals surface area contributed by atoms with Gasteiger partial charge in [-0.05, 0) is 56.3 Å². The zero-order chi connectivity index (χ0) is 13.0. The van der Waals surface area contributed by atoms with Crippen LogP contribution in [0.4, 0.5) is 0 Å². The van der Waals surface area contributed by atoms with E-state index in [0.29, 0.717) is 5.82 Å². The molecule has 104 valence electrons. The zero-order valence-electron chi connectivity index (χ0n) is 11.2. The maximum absolute atomic E-state index is 9.12. The van der Waals surface area contributed by atoms with E-state index in [0.717, 1.165) is 23.6 Å². The molecule has 0 aromatic carbocycles. The Morgan fingerprint density at radius 3 is 2.32 bits per heavy atom. The van der Waals surface area contributed by atoms with Crippen molar-refractivity contribution >= 4 is 0 Å². The van der Waals surface area contributed by atoms with Gasteiger partial charge in [0, 0.05) is 5.41 Å². The second-order valence-electron chi connectivity index (χ2n) is 7.03. The molecule has 0 amide bonds. The first-order valence-corrected chi connectivity index (χ1v) is 7.48. The standard InChI is InChI=1S/C14H22N4O/c15-11(7-19)12-16-13(18-17-12)14-4-8-1-9(5-14)3-10(2-8)6-14/h8-11,19H,1-7,15H2,(H,16,17,18). The molecule has 1 aromatic heterocycles. The first-order valence-electron chi connectivity index (χ1n) is 7.48. The number of hydrogen-bond donors (Lipinski definition) is 3. The third-order valence-electron chi connectivity index (χ3n) is 5.56. The van der Waals surface area contributed by atoms with Gasteiger partial charge in [-0.2, -0.15) is 5.10 Å². The summed E-state index contributed by atoms with van der Waals surface area (Å²) in [5.41, 5.74) is 6.02. The van der Waals surface area contributed by atoms with E-state index in [-0.39, 0.29) is 12.0 Å². The van der Waals surface area contributed by atoms with Crippen molar-refractivity contribution in [1.82, 2.24) is 15.2 Å². The lowest BCUT2D eigenvalue weighted by atomic mass is 9.49. The lowest BCUT2D eigenvalue weighted by Gasteiger charge is -2.55. The number of nitrogens with two attached hydrogens (primary N) is 1. The highest BCUT2D eigenvalue weighted by molar-refractivity contribution is 5.17. The van der Waals surface area contributed by atoms with Gasteiger partial charge < -0.3 is 10.8 Å². The fourth-order valence-electron chi connectivity index (χ4n) is 5.15. The van der Waals surface area contributed by atoms with Crippen LogP contribution in [0.3, 0.4) is 0 Å². The van der Waals surface area contributed by atoms with Crippen molar-refractivity contribution in [3.8, 4) is 0 Å². The molecule has 1 heterocycles. The highest BCUT2D eigenvalue weighted by Gasteiger charge is 2.53. The molecule has 5 rings (SSSR count). The molecule has 5 nitrogen and oxygen atoms in total. The summed E-state index contributed by atoms with van der Waals surface area (Å²) in [5, 5.41) is 16.5. The van der Waals surface area contributed by atoms with Crippen LogP contribution in [0, 0.1) is 17.8 Å². The average molecular weight is 262 g/mol. The smallest absolute Gasteiger partial charge is 0.156 e. The van der Waals surface area contributed by atoms with Gasteiger partial charge >= 0.3 is 0 Å². The Hall–Kier alpha value is -0.940. The third-order valence-corrected chi connectivity index (χ3v) is 5.56. The predicted octanol–water partition coefficient (Wildman–Crippen LogP) is 1.26. The van der Waals surface area contributed by atoms with E-state index in [1.54, 1.807) is 0 Å². The van der Waals surface area contributed by atoms with E-state index in [1.807, 2.05) is 0 Å². The second-order valence-corrected chi connectivity index (χ2v) is 7.03. The molecular formula is C14H22N4O. The number of nitrogens with one attached hydrogen (secondary N) is 1. The summed E-state index contributed by atoms with van der Waals surface area (Å²) in [6, 6.07) is -0.435. The minimum atomic E-state index is -0.435. The zero-order valence-corrected chi connectivity index (χ0v) is 11.2. The van der Waals surface area contributed by atoms with E-state index >= 15 is 0 Å². The van der Waals surface area contributed by atoms with Crippen LogP contribution in [-0.4, -0.2) is 26.9 Å². The van der Waals surface area contributed by atoms with E-state index in [2.05, 4.69) is 15.2 Å². The Bertz CT molecular complexity index is 448. The van der Waals surface area contributed by atoms with E-state index in [1.165, 1.54) is 38.5 Å².